The van der Waals surface area contributed by atoms with Gasteiger partial charge in [0.2, 0.25) is 0 Å². The van der Waals surface area contributed by atoms with Crippen LogP contribution in [0.25, 0.3) is 0 Å². The van der Waals surface area contributed by atoms with E-state index in [-0.39, 0.29) is 89.0 Å². The molecule has 13 nitrogen and oxygen atoms in total. The van der Waals surface area contributed by atoms with E-state index < -0.39 is 34.0 Å². The number of hydrogen-bond acceptors (Lipinski definition) is 19. The second-order valence-electron chi connectivity index (χ2n) is 10.8. The van der Waals surface area contributed by atoms with Crippen molar-refractivity contribution in [3.63, 3.8) is 0 Å². The van der Waals surface area contributed by atoms with Gasteiger partial charge in [0.05, 0.1) is 85.6 Å². The zero-order valence-corrected chi connectivity index (χ0v) is 32.6. The van der Waals surface area contributed by atoms with Crippen molar-refractivity contribution >= 4 is 93.7 Å². The van der Waals surface area contributed by atoms with E-state index in [2.05, 4.69) is 75.8 Å². The van der Waals surface area contributed by atoms with Crippen molar-refractivity contribution in [2.24, 2.45) is 10.8 Å². The molecule has 0 aliphatic carbocycles. The molecule has 0 amide bonds. The lowest BCUT2D eigenvalue weighted by Crippen LogP contribution is -2.44. The number of carbonyl (C=O) groups excluding carboxylic acids is 3. The maximum atomic E-state index is 12.5. The predicted molar refractivity (Wildman–Crippen MR) is 195 cm³/mol. The molecular formula is C28H52O13S6. The first kappa shape index (κ1) is 47.2. The Morgan fingerprint density at radius 2 is 0.809 bits per heavy atom. The predicted octanol–water partition coefficient (Wildman–Crippen LogP) is 3.36. The second kappa shape index (κ2) is 28.9. The van der Waals surface area contributed by atoms with Crippen LogP contribution in [0.4, 0.5) is 0 Å². The molecule has 0 aromatic rings. The minimum Gasteiger partial charge on any atom is -0.465 e. The van der Waals surface area contributed by atoms with Crippen molar-refractivity contribution in [2.45, 2.75) is 54.3 Å². The molecule has 278 valence electrons. The molecule has 0 radical (unpaired) electrons. The van der Waals surface area contributed by atoms with Crippen LogP contribution in [-0.2, 0) is 62.7 Å². The lowest BCUT2D eigenvalue weighted by molar-refractivity contribution is -0.274. The Bertz CT molecular complexity index is 807. The molecule has 0 rings (SSSR count). The third kappa shape index (κ3) is 23.4. The Balaban J connectivity index is 6.51. The summed E-state index contributed by atoms with van der Waals surface area (Å²) >= 11 is 26.4. The monoisotopic (exact) mass is 788 g/mol. The summed E-state index contributed by atoms with van der Waals surface area (Å²) in [7, 11) is 4.15. The summed E-state index contributed by atoms with van der Waals surface area (Å²) in [6.07, 6.45) is 1.19. The zero-order chi connectivity index (χ0) is 35.6. The van der Waals surface area contributed by atoms with Gasteiger partial charge in [0, 0.05) is 38.4 Å². The van der Waals surface area contributed by atoms with Gasteiger partial charge in [-0.05, 0) is 19.3 Å². The Kier molecular flexibility index (Phi) is 29.0. The molecule has 0 heterocycles. The zero-order valence-electron chi connectivity index (χ0n) is 27.2. The smallest absolute Gasteiger partial charge is 0.306 e. The molecule has 3 unspecified atom stereocenters. The molecule has 0 aromatic heterocycles. The maximum Gasteiger partial charge on any atom is 0.306 e. The third-order valence-corrected chi connectivity index (χ3v) is 8.19. The Labute approximate surface area is 311 Å². The molecule has 0 saturated carbocycles. The van der Waals surface area contributed by atoms with E-state index in [1.165, 1.54) is 21.3 Å². The van der Waals surface area contributed by atoms with Crippen LogP contribution in [0.1, 0.15) is 38.5 Å². The van der Waals surface area contributed by atoms with Gasteiger partial charge in [0.25, 0.3) is 0 Å². The lowest BCUT2D eigenvalue weighted by atomic mass is 9.79. The summed E-state index contributed by atoms with van der Waals surface area (Å²) in [6, 6.07) is 0. The van der Waals surface area contributed by atoms with E-state index in [0.717, 1.165) is 0 Å². The van der Waals surface area contributed by atoms with Crippen LogP contribution < -0.4 is 0 Å². The minimum atomic E-state index is -1.06. The van der Waals surface area contributed by atoms with Gasteiger partial charge in [0.1, 0.15) is 13.2 Å². The molecule has 0 spiro atoms. The van der Waals surface area contributed by atoms with Gasteiger partial charge in [-0.2, -0.15) is 75.8 Å². The normalized spacial score (nSPS) is 15.0. The van der Waals surface area contributed by atoms with Gasteiger partial charge >= 0.3 is 17.9 Å². The van der Waals surface area contributed by atoms with Crippen molar-refractivity contribution in [1.82, 2.24) is 0 Å². The highest BCUT2D eigenvalue weighted by Crippen LogP contribution is 2.36. The number of ether oxygens (including phenoxy) is 4. The van der Waals surface area contributed by atoms with Crippen LogP contribution >= 0.6 is 75.8 Å². The van der Waals surface area contributed by atoms with Crippen LogP contribution in [-0.4, -0.2) is 125 Å². The summed E-state index contributed by atoms with van der Waals surface area (Å²) in [5, 5.41) is -1.17. The first-order valence-electron chi connectivity index (χ1n) is 14.8. The highest BCUT2D eigenvalue weighted by atomic mass is 32.1. The number of rotatable bonds is 31. The average Bonchev–Trinajstić information content (AvgIpc) is 3.03. The third-order valence-electron chi connectivity index (χ3n) is 6.52. The average molecular weight is 789 g/mol. The van der Waals surface area contributed by atoms with Crippen molar-refractivity contribution in [2.75, 3.05) is 91.4 Å². The van der Waals surface area contributed by atoms with Gasteiger partial charge in [-0.1, -0.05) is 0 Å². The van der Waals surface area contributed by atoms with Gasteiger partial charge in [0.15, 0.2) is 0 Å². The highest BCUT2D eigenvalue weighted by molar-refractivity contribution is 7.81. The van der Waals surface area contributed by atoms with Crippen molar-refractivity contribution in [3.8, 4) is 0 Å². The largest absolute Gasteiger partial charge is 0.465 e. The molecule has 47 heavy (non-hydrogen) atoms. The summed E-state index contributed by atoms with van der Waals surface area (Å²) in [4.78, 5) is 66.9. The minimum absolute atomic E-state index is 0.0258. The van der Waals surface area contributed by atoms with Gasteiger partial charge in [-0.25, -0.2) is 29.3 Å². The standard InChI is InChI=1S/C28H52O13S6/c1-32-39-13-21(45)10-27(11-22(46)14-40-33-2,18-36-24(29)4-7-42)16-35-17-28(12-23(47)15-41-34-3,19-37-25(30)5-8-43)20-38-26(31)6-9-44/h21-23,42-47H,4-20H2,1-3H3. The summed E-state index contributed by atoms with van der Waals surface area (Å²) < 4.78 is 23.3. The number of carbonyl (C=O) groups is 3. The second-order valence-corrected chi connectivity index (χ2v) is 14.4. The van der Waals surface area contributed by atoms with Crippen molar-refractivity contribution < 1.29 is 62.7 Å². The summed E-state index contributed by atoms with van der Waals surface area (Å²) in [6.45, 7) is -0.0453. The molecule has 0 fully saturated rings. The Morgan fingerprint density at radius 3 is 1.13 bits per heavy atom. The van der Waals surface area contributed by atoms with E-state index in [1.54, 1.807) is 0 Å². The van der Waals surface area contributed by atoms with E-state index in [4.69, 9.17) is 48.3 Å². The first-order chi connectivity index (χ1) is 22.4. The topological polar surface area (TPSA) is 144 Å². The SMILES string of the molecule is COOCC(S)CC(COCC(COC(=O)CCS)(CC(S)COOC)CC(S)COOC)(COC(=O)CCS)COC(=O)CCS. The fourth-order valence-corrected chi connectivity index (χ4v) is 6.35. The van der Waals surface area contributed by atoms with Crippen LogP contribution in [0, 0.1) is 10.8 Å². The molecule has 0 aromatic carbocycles. The van der Waals surface area contributed by atoms with E-state index >= 15 is 0 Å². The van der Waals surface area contributed by atoms with Crippen molar-refractivity contribution in [1.29, 1.82) is 0 Å². The van der Waals surface area contributed by atoms with Crippen LogP contribution in [0.2, 0.25) is 0 Å². The summed E-state index contributed by atoms with van der Waals surface area (Å²) in [5.41, 5.74) is -1.93. The van der Waals surface area contributed by atoms with Crippen molar-refractivity contribution in [3.05, 3.63) is 0 Å². The fraction of sp³-hybridized carbons (Fsp3) is 0.893. The van der Waals surface area contributed by atoms with Gasteiger partial charge in [-0.3, -0.25) is 14.4 Å². The number of hydrogen-bond donors (Lipinski definition) is 6. The highest BCUT2D eigenvalue weighted by Gasteiger charge is 2.40. The summed E-state index contributed by atoms with van der Waals surface area (Å²) in [5.74, 6) is -0.497. The molecular weight excluding hydrogens is 737 g/mol. The Hall–Kier alpha value is 0.230. The molecule has 0 aliphatic heterocycles. The molecule has 3 atom stereocenters. The van der Waals surface area contributed by atoms with Crippen LogP contribution in [0.3, 0.4) is 0 Å². The Morgan fingerprint density at radius 1 is 0.511 bits per heavy atom. The lowest BCUT2D eigenvalue weighted by Gasteiger charge is -2.39. The van der Waals surface area contributed by atoms with E-state index in [0.29, 0.717) is 30.1 Å². The molecule has 0 aliphatic rings. The molecule has 19 heteroatoms. The first-order valence-corrected chi connectivity index (χ1v) is 18.3. The van der Waals surface area contributed by atoms with Crippen LogP contribution in [0.15, 0.2) is 0 Å². The van der Waals surface area contributed by atoms with Gasteiger partial charge in [-0.15, -0.1) is 0 Å². The fourth-order valence-electron chi connectivity index (χ4n) is 4.45. The van der Waals surface area contributed by atoms with Gasteiger partial charge < -0.3 is 18.9 Å². The van der Waals surface area contributed by atoms with Crippen LogP contribution in [0.5, 0.6) is 0 Å². The van der Waals surface area contributed by atoms with E-state index in [1.807, 2.05) is 0 Å². The molecule has 0 bridgehead atoms. The molecule has 0 saturated heterocycles. The quantitative estimate of drug-likeness (QED) is 0.0201. The molecule has 0 N–H and O–H groups in total. The number of esters is 3. The maximum absolute atomic E-state index is 12.5. The number of thiol groups is 6. The van der Waals surface area contributed by atoms with E-state index in [9.17, 15) is 14.4 Å².